The Kier molecular flexibility index (Phi) is 7.59. The molecule has 166 valence electrons. The van der Waals surface area contributed by atoms with Gasteiger partial charge in [-0.05, 0) is 75.6 Å². The maximum atomic E-state index is 13.0. The third-order valence-electron chi connectivity index (χ3n) is 5.32. The molecule has 31 heavy (non-hydrogen) atoms. The predicted octanol–water partition coefficient (Wildman–Crippen LogP) is 4.73. The first kappa shape index (κ1) is 23.1. The summed E-state index contributed by atoms with van der Waals surface area (Å²) in [6, 6.07) is 12.2. The minimum absolute atomic E-state index is 0.0356. The van der Waals surface area contributed by atoms with Crippen LogP contribution < -0.4 is 14.8 Å². The molecule has 1 fully saturated rings. The van der Waals surface area contributed by atoms with Crippen LogP contribution in [-0.2, 0) is 4.79 Å². The van der Waals surface area contributed by atoms with Gasteiger partial charge in [-0.25, -0.2) is 0 Å². The van der Waals surface area contributed by atoms with Crippen LogP contribution in [0.25, 0.3) is 0 Å². The van der Waals surface area contributed by atoms with Crippen molar-refractivity contribution in [1.29, 1.82) is 0 Å². The van der Waals surface area contributed by atoms with Gasteiger partial charge in [-0.1, -0.05) is 22.0 Å². The SMILES string of the molecule is COc1cc(C(C)NC(=O)C2CCCN2C(=O)c2ccc(Br)cc2)ccc1OC(C)C. The summed E-state index contributed by atoms with van der Waals surface area (Å²) in [5.41, 5.74) is 1.49. The van der Waals surface area contributed by atoms with Crippen molar-refractivity contribution in [2.45, 2.75) is 51.8 Å². The average molecular weight is 489 g/mol. The number of hydrogen-bond acceptors (Lipinski definition) is 4. The highest BCUT2D eigenvalue weighted by Gasteiger charge is 2.35. The second-order valence-electron chi connectivity index (χ2n) is 7.97. The van der Waals surface area contributed by atoms with E-state index in [-0.39, 0.29) is 24.0 Å². The Hall–Kier alpha value is -2.54. The lowest BCUT2D eigenvalue weighted by molar-refractivity contribution is -0.125. The Morgan fingerprint density at radius 3 is 2.45 bits per heavy atom. The fraction of sp³-hybridized carbons (Fsp3) is 0.417. The van der Waals surface area contributed by atoms with Gasteiger partial charge in [-0.3, -0.25) is 9.59 Å². The van der Waals surface area contributed by atoms with Crippen molar-refractivity contribution in [3.05, 3.63) is 58.1 Å². The molecule has 0 radical (unpaired) electrons. The van der Waals surface area contributed by atoms with Crippen molar-refractivity contribution in [1.82, 2.24) is 10.2 Å². The molecule has 2 amide bonds. The van der Waals surface area contributed by atoms with E-state index in [1.54, 1.807) is 24.1 Å². The van der Waals surface area contributed by atoms with Crippen LogP contribution in [0.1, 0.15) is 55.6 Å². The Bertz CT molecular complexity index is 930. The average Bonchev–Trinajstić information content (AvgIpc) is 3.23. The topological polar surface area (TPSA) is 67.9 Å². The number of methoxy groups -OCH3 is 1. The van der Waals surface area contributed by atoms with Gasteiger partial charge in [-0.2, -0.15) is 0 Å². The smallest absolute Gasteiger partial charge is 0.254 e. The highest BCUT2D eigenvalue weighted by molar-refractivity contribution is 9.10. The van der Waals surface area contributed by atoms with Gasteiger partial charge in [0.05, 0.1) is 19.3 Å². The van der Waals surface area contributed by atoms with E-state index in [1.165, 1.54) is 0 Å². The summed E-state index contributed by atoms with van der Waals surface area (Å²) in [5.74, 6) is 1.04. The normalized spacial score (nSPS) is 16.8. The van der Waals surface area contributed by atoms with Crippen molar-refractivity contribution < 1.29 is 19.1 Å². The van der Waals surface area contributed by atoms with Crippen LogP contribution >= 0.6 is 15.9 Å². The monoisotopic (exact) mass is 488 g/mol. The summed E-state index contributed by atoms with van der Waals surface area (Å²) in [6.07, 6.45) is 1.50. The molecule has 1 heterocycles. The highest BCUT2D eigenvalue weighted by Crippen LogP contribution is 2.31. The van der Waals surface area contributed by atoms with Crippen LogP contribution in [-0.4, -0.2) is 42.5 Å². The lowest BCUT2D eigenvalue weighted by Crippen LogP contribution is -2.46. The maximum Gasteiger partial charge on any atom is 0.254 e. The molecule has 6 nitrogen and oxygen atoms in total. The highest BCUT2D eigenvalue weighted by atomic mass is 79.9. The first-order valence-corrected chi connectivity index (χ1v) is 11.3. The van der Waals surface area contributed by atoms with Gasteiger partial charge in [-0.15, -0.1) is 0 Å². The van der Waals surface area contributed by atoms with Crippen molar-refractivity contribution in [3.8, 4) is 11.5 Å². The molecule has 0 saturated carbocycles. The number of rotatable bonds is 7. The molecule has 2 aromatic rings. The molecule has 1 saturated heterocycles. The van der Waals surface area contributed by atoms with Gasteiger partial charge in [0.1, 0.15) is 6.04 Å². The van der Waals surface area contributed by atoms with Crippen molar-refractivity contribution >= 4 is 27.7 Å². The lowest BCUT2D eigenvalue weighted by atomic mass is 10.1. The van der Waals surface area contributed by atoms with E-state index in [9.17, 15) is 9.59 Å². The molecule has 0 aliphatic carbocycles. The predicted molar refractivity (Wildman–Crippen MR) is 124 cm³/mol. The summed E-state index contributed by atoms with van der Waals surface area (Å²) in [5, 5.41) is 3.06. The molecule has 3 rings (SSSR count). The van der Waals surface area contributed by atoms with E-state index in [1.807, 2.05) is 51.1 Å². The number of hydrogen-bond donors (Lipinski definition) is 1. The number of nitrogens with one attached hydrogen (secondary N) is 1. The second kappa shape index (κ2) is 10.2. The third kappa shape index (κ3) is 5.58. The number of ether oxygens (including phenoxy) is 2. The number of amides is 2. The minimum atomic E-state index is -0.468. The van der Waals surface area contributed by atoms with Crippen LogP contribution in [0.2, 0.25) is 0 Å². The lowest BCUT2D eigenvalue weighted by Gasteiger charge is -2.26. The maximum absolute atomic E-state index is 13.0. The molecule has 0 spiro atoms. The number of likely N-dealkylation sites (tertiary alicyclic amines) is 1. The first-order chi connectivity index (χ1) is 14.8. The van der Waals surface area contributed by atoms with Crippen LogP contribution in [0.4, 0.5) is 0 Å². The molecular formula is C24H29BrN2O4. The van der Waals surface area contributed by atoms with Crippen LogP contribution in [0.3, 0.4) is 0 Å². The molecular weight excluding hydrogens is 460 g/mol. The van der Waals surface area contributed by atoms with Gasteiger partial charge in [0, 0.05) is 16.6 Å². The van der Waals surface area contributed by atoms with E-state index < -0.39 is 6.04 Å². The molecule has 1 N–H and O–H groups in total. The summed E-state index contributed by atoms with van der Waals surface area (Å²) in [4.78, 5) is 27.6. The van der Waals surface area contributed by atoms with Gasteiger partial charge < -0.3 is 19.7 Å². The van der Waals surface area contributed by atoms with Crippen LogP contribution in [0.15, 0.2) is 46.9 Å². The Labute approximate surface area is 192 Å². The zero-order chi connectivity index (χ0) is 22.5. The minimum Gasteiger partial charge on any atom is -0.493 e. The van der Waals surface area contributed by atoms with Crippen molar-refractivity contribution in [2.75, 3.05) is 13.7 Å². The largest absolute Gasteiger partial charge is 0.493 e. The number of nitrogens with zero attached hydrogens (tertiary/aromatic N) is 1. The van der Waals surface area contributed by atoms with Crippen LogP contribution in [0, 0.1) is 0 Å². The molecule has 2 atom stereocenters. The fourth-order valence-corrected chi connectivity index (χ4v) is 4.00. The number of halogens is 1. The molecule has 1 aliphatic rings. The van der Waals surface area contributed by atoms with E-state index >= 15 is 0 Å². The van der Waals surface area contributed by atoms with Gasteiger partial charge in [0.25, 0.3) is 5.91 Å². The Morgan fingerprint density at radius 1 is 1.10 bits per heavy atom. The summed E-state index contributed by atoms with van der Waals surface area (Å²) in [7, 11) is 1.60. The van der Waals surface area contributed by atoms with Crippen molar-refractivity contribution in [3.63, 3.8) is 0 Å². The zero-order valence-electron chi connectivity index (χ0n) is 18.4. The summed E-state index contributed by atoms with van der Waals surface area (Å²) >= 11 is 3.38. The van der Waals surface area contributed by atoms with E-state index in [4.69, 9.17) is 9.47 Å². The van der Waals surface area contributed by atoms with Gasteiger partial charge in [0.2, 0.25) is 5.91 Å². The molecule has 0 bridgehead atoms. The molecule has 2 aromatic carbocycles. The molecule has 2 unspecified atom stereocenters. The first-order valence-electron chi connectivity index (χ1n) is 10.5. The zero-order valence-corrected chi connectivity index (χ0v) is 19.9. The van der Waals surface area contributed by atoms with Gasteiger partial charge in [0.15, 0.2) is 11.5 Å². The fourth-order valence-electron chi connectivity index (χ4n) is 3.74. The standard InChI is InChI=1S/C24H29BrN2O4/c1-15(2)31-21-12-9-18(14-22(21)30-4)16(3)26-23(28)20-6-5-13-27(20)24(29)17-7-10-19(25)11-8-17/h7-12,14-16,20H,5-6,13H2,1-4H3,(H,26,28). The molecule has 0 aromatic heterocycles. The van der Waals surface area contributed by atoms with E-state index in [2.05, 4.69) is 21.2 Å². The Morgan fingerprint density at radius 2 is 1.81 bits per heavy atom. The van der Waals surface area contributed by atoms with Gasteiger partial charge >= 0.3 is 0 Å². The number of benzene rings is 2. The van der Waals surface area contributed by atoms with E-state index in [0.29, 0.717) is 30.0 Å². The number of carbonyl (C=O) groups is 2. The Balaban J connectivity index is 1.69. The third-order valence-corrected chi connectivity index (χ3v) is 5.85. The molecule has 7 heteroatoms. The number of carbonyl (C=O) groups excluding carboxylic acids is 2. The van der Waals surface area contributed by atoms with Crippen molar-refractivity contribution in [2.24, 2.45) is 0 Å². The molecule has 1 aliphatic heterocycles. The van der Waals surface area contributed by atoms with Crippen LogP contribution in [0.5, 0.6) is 11.5 Å². The summed E-state index contributed by atoms with van der Waals surface area (Å²) < 4.78 is 12.1. The second-order valence-corrected chi connectivity index (χ2v) is 8.89. The quantitative estimate of drug-likeness (QED) is 0.611. The van der Waals surface area contributed by atoms with E-state index in [0.717, 1.165) is 16.5 Å². The summed E-state index contributed by atoms with van der Waals surface area (Å²) in [6.45, 7) is 6.42.